The van der Waals surface area contributed by atoms with Crippen molar-refractivity contribution in [2.24, 2.45) is 0 Å². The van der Waals surface area contributed by atoms with E-state index < -0.39 is 0 Å². The van der Waals surface area contributed by atoms with E-state index >= 15 is 0 Å². The van der Waals surface area contributed by atoms with E-state index in [0.29, 0.717) is 51.5 Å². The fourth-order valence-electron chi connectivity index (χ4n) is 2.75. The molecule has 1 aliphatic rings. The fourth-order valence-corrected chi connectivity index (χ4v) is 3.24. The van der Waals surface area contributed by atoms with Gasteiger partial charge in [-0.1, -0.05) is 35.3 Å². The number of fused-ring (bicyclic) bond motifs is 2. The number of benzene rings is 2. The van der Waals surface area contributed by atoms with Gasteiger partial charge >= 0.3 is 0 Å². The van der Waals surface area contributed by atoms with E-state index in [0.717, 1.165) is 12.0 Å². The maximum absolute atomic E-state index is 12.2. The lowest BCUT2D eigenvalue weighted by Gasteiger charge is -2.10. The maximum Gasteiger partial charge on any atom is 0.259 e. The smallest absolute Gasteiger partial charge is 0.259 e. The zero-order valence-corrected chi connectivity index (χ0v) is 15.1. The minimum Gasteiger partial charge on any atom is -0.489 e. The first-order valence-corrected chi connectivity index (χ1v) is 8.83. The van der Waals surface area contributed by atoms with Gasteiger partial charge in [-0.2, -0.15) is 0 Å². The van der Waals surface area contributed by atoms with E-state index in [-0.39, 0.29) is 5.56 Å². The molecule has 4 rings (SSSR count). The molecule has 0 spiro atoms. The van der Waals surface area contributed by atoms with Gasteiger partial charge in [0.15, 0.2) is 17.3 Å². The number of hydrogen-bond donors (Lipinski definition) is 1. The summed E-state index contributed by atoms with van der Waals surface area (Å²) in [6, 6.07) is 10.6. The van der Waals surface area contributed by atoms with Gasteiger partial charge < -0.3 is 14.5 Å². The van der Waals surface area contributed by atoms with Gasteiger partial charge in [0.25, 0.3) is 5.56 Å². The van der Waals surface area contributed by atoms with Crippen molar-refractivity contribution < 1.29 is 9.47 Å². The maximum atomic E-state index is 12.2. The van der Waals surface area contributed by atoms with E-state index in [4.69, 9.17) is 32.7 Å². The van der Waals surface area contributed by atoms with E-state index in [1.807, 2.05) is 6.07 Å². The van der Waals surface area contributed by atoms with Crippen molar-refractivity contribution in [3.8, 4) is 11.5 Å². The van der Waals surface area contributed by atoms with Crippen molar-refractivity contribution in [3.05, 3.63) is 63.2 Å². The molecule has 0 radical (unpaired) electrons. The van der Waals surface area contributed by atoms with Crippen molar-refractivity contribution in [3.63, 3.8) is 0 Å². The lowest BCUT2D eigenvalue weighted by atomic mass is 10.1. The van der Waals surface area contributed by atoms with Crippen LogP contribution in [0.3, 0.4) is 0 Å². The number of nitrogens with one attached hydrogen (secondary N) is 1. The summed E-state index contributed by atoms with van der Waals surface area (Å²) in [7, 11) is 0. The number of aromatic nitrogens is 2. The molecular formula is C19H14Cl2N2O3. The highest BCUT2D eigenvalue weighted by molar-refractivity contribution is 6.50. The number of nitrogens with zero attached hydrogens (tertiary/aromatic N) is 1. The number of para-hydroxylation sites is 1. The molecule has 1 N–H and O–H groups in total. The highest BCUT2D eigenvalue weighted by atomic mass is 35.5. The molecule has 7 heteroatoms. The van der Waals surface area contributed by atoms with Gasteiger partial charge in [0, 0.05) is 6.42 Å². The van der Waals surface area contributed by atoms with Gasteiger partial charge in [0.1, 0.15) is 0 Å². The van der Waals surface area contributed by atoms with E-state index in [1.54, 1.807) is 36.4 Å². The summed E-state index contributed by atoms with van der Waals surface area (Å²) < 4.78 is 11.3. The van der Waals surface area contributed by atoms with E-state index in [9.17, 15) is 4.79 Å². The summed E-state index contributed by atoms with van der Waals surface area (Å²) in [6.45, 7) is 1.12. The van der Waals surface area contributed by atoms with Crippen molar-refractivity contribution in [1.82, 2.24) is 9.97 Å². The fraction of sp³-hybridized carbons (Fsp3) is 0.158. The van der Waals surface area contributed by atoms with E-state index in [2.05, 4.69) is 9.97 Å². The molecule has 5 nitrogen and oxygen atoms in total. The van der Waals surface area contributed by atoms with Gasteiger partial charge in [0.05, 0.1) is 34.2 Å². The standard InChI is InChI=1S/C19H14Cl2N2O3/c20-13-8-11(10-16-17(13)26-7-3-6-25-16)9-14(21)18-22-15-5-2-1-4-12(15)19(24)23-18/h1-2,4-5,8-10H,3,6-7H2,(H,22,23,24)/b14-9-. The SMILES string of the molecule is O=c1[nH]c(/C(Cl)=C/c2cc(Cl)c3c(c2)OCCCO3)nc2ccccc12. The third-order valence-corrected chi connectivity index (χ3v) is 4.53. The highest BCUT2D eigenvalue weighted by Crippen LogP contribution is 2.39. The first-order valence-electron chi connectivity index (χ1n) is 8.07. The Morgan fingerprint density at radius 3 is 2.88 bits per heavy atom. The molecular weight excluding hydrogens is 375 g/mol. The summed E-state index contributed by atoms with van der Waals surface area (Å²) in [5.41, 5.74) is 1.06. The average molecular weight is 389 g/mol. The van der Waals surface area contributed by atoms with Crippen LogP contribution >= 0.6 is 23.2 Å². The van der Waals surface area contributed by atoms with Crippen molar-refractivity contribution in [2.75, 3.05) is 13.2 Å². The molecule has 0 amide bonds. The monoisotopic (exact) mass is 388 g/mol. The van der Waals surface area contributed by atoms with E-state index in [1.165, 1.54) is 0 Å². The molecule has 132 valence electrons. The molecule has 0 saturated heterocycles. The molecule has 3 aromatic rings. The van der Waals surface area contributed by atoms with Crippen LogP contribution in [0.1, 0.15) is 17.8 Å². The molecule has 0 unspecified atom stereocenters. The predicted octanol–water partition coefficient (Wildman–Crippen LogP) is 4.47. The van der Waals surface area contributed by atoms with Crippen LogP contribution in [0.15, 0.2) is 41.2 Å². The second-order valence-corrected chi connectivity index (χ2v) is 6.62. The summed E-state index contributed by atoms with van der Waals surface area (Å²) in [5.74, 6) is 1.40. The highest BCUT2D eigenvalue weighted by Gasteiger charge is 2.15. The zero-order valence-electron chi connectivity index (χ0n) is 13.6. The minimum absolute atomic E-state index is 0.242. The molecule has 0 saturated carbocycles. The van der Waals surface area contributed by atoms with Gasteiger partial charge in [-0.15, -0.1) is 0 Å². The molecule has 1 aromatic heterocycles. The Hall–Kier alpha value is -2.50. The minimum atomic E-state index is -0.242. The number of aromatic amines is 1. The van der Waals surface area contributed by atoms with Gasteiger partial charge in [-0.3, -0.25) is 4.79 Å². The van der Waals surface area contributed by atoms with Crippen LogP contribution in [-0.2, 0) is 0 Å². The van der Waals surface area contributed by atoms with Crippen LogP contribution in [-0.4, -0.2) is 23.2 Å². The summed E-state index contributed by atoms with van der Waals surface area (Å²) in [4.78, 5) is 19.3. The van der Waals surface area contributed by atoms with Crippen LogP contribution in [0.5, 0.6) is 11.5 Å². The first kappa shape index (κ1) is 16.9. The lowest BCUT2D eigenvalue weighted by Crippen LogP contribution is -2.10. The Labute approximate surface area is 159 Å². The van der Waals surface area contributed by atoms with Gasteiger partial charge in [0.2, 0.25) is 0 Å². The molecule has 26 heavy (non-hydrogen) atoms. The van der Waals surface area contributed by atoms with Crippen LogP contribution in [0, 0.1) is 0 Å². The second-order valence-electron chi connectivity index (χ2n) is 5.80. The summed E-state index contributed by atoms with van der Waals surface area (Å²) in [5, 5.41) is 1.25. The quantitative estimate of drug-likeness (QED) is 0.702. The molecule has 0 atom stereocenters. The first-order chi connectivity index (χ1) is 12.6. The number of rotatable bonds is 2. The Kier molecular flexibility index (Phi) is 4.57. The second kappa shape index (κ2) is 7.02. The Morgan fingerprint density at radius 2 is 2.00 bits per heavy atom. The molecule has 0 bridgehead atoms. The number of halogens is 2. The average Bonchev–Trinajstić information content (AvgIpc) is 2.87. The molecule has 2 heterocycles. The lowest BCUT2D eigenvalue weighted by molar-refractivity contribution is 0.297. The molecule has 0 aliphatic carbocycles. The summed E-state index contributed by atoms with van der Waals surface area (Å²) >= 11 is 12.7. The predicted molar refractivity (Wildman–Crippen MR) is 103 cm³/mol. The third kappa shape index (κ3) is 3.28. The normalized spacial score (nSPS) is 14.3. The summed E-state index contributed by atoms with van der Waals surface area (Å²) in [6.07, 6.45) is 2.47. The zero-order chi connectivity index (χ0) is 18.1. The van der Waals surface area contributed by atoms with Crippen LogP contribution < -0.4 is 15.0 Å². The largest absolute Gasteiger partial charge is 0.489 e. The number of hydrogen-bond acceptors (Lipinski definition) is 4. The van der Waals surface area contributed by atoms with Gasteiger partial charge in [-0.25, -0.2) is 4.98 Å². The van der Waals surface area contributed by atoms with Crippen molar-refractivity contribution in [2.45, 2.75) is 6.42 Å². The number of ether oxygens (including phenoxy) is 2. The topological polar surface area (TPSA) is 64.2 Å². The number of H-pyrrole nitrogens is 1. The Bertz CT molecular complexity index is 1080. The molecule has 0 fully saturated rings. The van der Waals surface area contributed by atoms with Crippen molar-refractivity contribution in [1.29, 1.82) is 0 Å². The Balaban J connectivity index is 1.76. The van der Waals surface area contributed by atoms with Crippen LogP contribution in [0.4, 0.5) is 0 Å². The van der Waals surface area contributed by atoms with Crippen molar-refractivity contribution >= 4 is 45.2 Å². The molecule has 1 aliphatic heterocycles. The van der Waals surface area contributed by atoms with Gasteiger partial charge in [-0.05, 0) is 35.9 Å². The molecule has 2 aromatic carbocycles. The Morgan fingerprint density at radius 1 is 1.19 bits per heavy atom. The van der Waals surface area contributed by atoms with Crippen LogP contribution in [0.2, 0.25) is 5.02 Å². The van der Waals surface area contributed by atoms with Crippen LogP contribution in [0.25, 0.3) is 22.0 Å². The third-order valence-electron chi connectivity index (χ3n) is 3.96.